The Morgan fingerprint density at radius 2 is 2.37 bits per heavy atom. The second-order valence-electron chi connectivity index (χ2n) is 4.79. The van der Waals surface area contributed by atoms with E-state index in [-0.39, 0.29) is 11.9 Å². The van der Waals surface area contributed by atoms with Gasteiger partial charge in [-0.15, -0.1) is 11.3 Å². The first-order chi connectivity index (χ1) is 9.15. The van der Waals surface area contributed by atoms with Crippen LogP contribution in [0, 0.1) is 5.92 Å². The van der Waals surface area contributed by atoms with Crippen molar-refractivity contribution in [2.45, 2.75) is 18.9 Å². The molecule has 2 aromatic heterocycles. The summed E-state index contributed by atoms with van der Waals surface area (Å²) in [5, 5.41) is 3.08. The topological polar surface area (TPSA) is 46.9 Å². The molecular weight excluding hydrogens is 282 g/mol. The Kier molecular flexibility index (Phi) is 3.33. The van der Waals surface area contributed by atoms with Gasteiger partial charge in [0.2, 0.25) is 0 Å². The van der Waals surface area contributed by atoms with Gasteiger partial charge in [-0.2, -0.15) is 0 Å². The maximum atomic E-state index is 12.2. The first kappa shape index (κ1) is 12.7. The number of imidazole rings is 1. The summed E-state index contributed by atoms with van der Waals surface area (Å²) >= 11 is 7.16. The van der Waals surface area contributed by atoms with Crippen molar-refractivity contribution in [3.8, 4) is 0 Å². The monoisotopic (exact) mass is 295 g/mol. The average Bonchev–Trinajstić information content (AvgIpc) is 3.00. The summed E-state index contributed by atoms with van der Waals surface area (Å²) in [4.78, 5) is 17.2. The maximum absolute atomic E-state index is 12.2. The molecule has 2 heterocycles. The zero-order valence-corrected chi connectivity index (χ0v) is 12.0. The molecule has 1 N–H and O–H groups in total. The third-order valence-corrected chi connectivity index (χ3v) is 4.54. The summed E-state index contributed by atoms with van der Waals surface area (Å²) in [6.45, 7) is 0. The lowest BCUT2D eigenvalue weighted by Crippen LogP contribution is -2.31. The first-order valence-electron chi connectivity index (χ1n) is 6.18. The van der Waals surface area contributed by atoms with E-state index < -0.39 is 0 Å². The minimum Gasteiger partial charge on any atom is -0.341 e. The van der Waals surface area contributed by atoms with Gasteiger partial charge in [-0.05, 0) is 30.9 Å². The highest BCUT2D eigenvalue weighted by Crippen LogP contribution is 2.40. The molecule has 1 saturated carbocycles. The van der Waals surface area contributed by atoms with E-state index >= 15 is 0 Å². The van der Waals surface area contributed by atoms with Gasteiger partial charge in [-0.3, -0.25) is 4.79 Å². The van der Waals surface area contributed by atoms with Gasteiger partial charge >= 0.3 is 0 Å². The van der Waals surface area contributed by atoms with E-state index in [1.54, 1.807) is 18.3 Å². The molecule has 4 nitrogen and oxygen atoms in total. The van der Waals surface area contributed by atoms with E-state index in [4.69, 9.17) is 11.6 Å². The quantitative estimate of drug-likeness (QED) is 0.942. The van der Waals surface area contributed by atoms with Crippen LogP contribution in [0.4, 0.5) is 0 Å². The molecule has 0 bridgehead atoms. The van der Waals surface area contributed by atoms with E-state index in [1.807, 2.05) is 17.8 Å². The van der Waals surface area contributed by atoms with Crippen molar-refractivity contribution in [1.82, 2.24) is 14.9 Å². The van der Waals surface area contributed by atoms with Crippen LogP contribution in [0.25, 0.3) is 0 Å². The zero-order chi connectivity index (χ0) is 13.4. The van der Waals surface area contributed by atoms with Gasteiger partial charge in [0.05, 0.1) is 15.3 Å². The largest absolute Gasteiger partial charge is 0.341 e. The van der Waals surface area contributed by atoms with Crippen LogP contribution in [0.2, 0.25) is 4.34 Å². The number of thiophene rings is 1. The molecule has 0 aliphatic heterocycles. The van der Waals surface area contributed by atoms with Crippen molar-refractivity contribution in [3.05, 3.63) is 39.6 Å². The minimum absolute atomic E-state index is 0.00613. The number of carbonyl (C=O) groups is 1. The number of nitrogens with one attached hydrogen (secondary N) is 1. The Morgan fingerprint density at radius 3 is 2.89 bits per heavy atom. The zero-order valence-electron chi connectivity index (χ0n) is 10.5. The van der Waals surface area contributed by atoms with Crippen LogP contribution in [0.1, 0.15) is 34.4 Å². The molecule has 1 fully saturated rings. The van der Waals surface area contributed by atoms with Crippen molar-refractivity contribution >= 4 is 28.8 Å². The number of hydrogen-bond donors (Lipinski definition) is 1. The lowest BCUT2D eigenvalue weighted by molar-refractivity contribution is 0.0933. The third-order valence-electron chi connectivity index (χ3n) is 3.31. The summed E-state index contributed by atoms with van der Waals surface area (Å²) in [6, 6.07) is 3.49. The second kappa shape index (κ2) is 4.98. The molecule has 0 aromatic carbocycles. The van der Waals surface area contributed by atoms with E-state index in [1.165, 1.54) is 11.3 Å². The molecule has 1 aliphatic carbocycles. The van der Waals surface area contributed by atoms with Crippen LogP contribution >= 0.6 is 22.9 Å². The number of nitrogens with zero attached hydrogens (tertiary/aromatic N) is 2. The van der Waals surface area contributed by atoms with E-state index in [0.29, 0.717) is 15.1 Å². The molecule has 1 aliphatic rings. The van der Waals surface area contributed by atoms with E-state index in [2.05, 4.69) is 10.3 Å². The SMILES string of the molecule is Cn1ccnc1C(NC(=O)c1ccc(Cl)s1)C1CC1. The Hall–Kier alpha value is -1.33. The van der Waals surface area contributed by atoms with Gasteiger partial charge in [0.1, 0.15) is 5.82 Å². The van der Waals surface area contributed by atoms with Gasteiger partial charge in [-0.25, -0.2) is 4.98 Å². The lowest BCUT2D eigenvalue weighted by Gasteiger charge is -2.17. The normalized spacial score (nSPS) is 16.3. The van der Waals surface area contributed by atoms with Crippen LogP contribution in [0.15, 0.2) is 24.5 Å². The summed E-state index contributed by atoms with van der Waals surface area (Å²) in [6.07, 6.45) is 5.95. The summed E-state index contributed by atoms with van der Waals surface area (Å²) in [5.41, 5.74) is 0. The van der Waals surface area contributed by atoms with Crippen molar-refractivity contribution in [3.63, 3.8) is 0 Å². The Labute approximate surface area is 120 Å². The molecule has 0 saturated heterocycles. The standard InChI is InChI=1S/C13H14ClN3OS/c1-17-7-6-15-12(17)11(8-2-3-8)16-13(18)9-4-5-10(14)19-9/h4-8,11H,2-3H2,1H3,(H,16,18). The highest BCUT2D eigenvalue weighted by Gasteiger charge is 2.36. The van der Waals surface area contributed by atoms with Gasteiger partial charge < -0.3 is 9.88 Å². The summed E-state index contributed by atoms with van der Waals surface area (Å²) in [7, 11) is 1.95. The smallest absolute Gasteiger partial charge is 0.261 e. The minimum atomic E-state index is -0.0724. The Balaban J connectivity index is 1.79. The molecule has 6 heteroatoms. The Bertz CT molecular complexity index is 603. The first-order valence-corrected chi connectivity index (χ1v) is 7.38. The molecule has 0 spiro atoms. The fraction of sp³-hybridized carbons (Fsp3) is 0.385. The fourth-order valence-corrected chi connectivity index (χ4v) is 3.09. The predicted molar refractivity (Wildman–Crippen MR) is 75.5 cm³/mol. The number of hydrogen-bond acceptors (Lipinski definition) is 3. The number of rotatable bonds is 4. The molecule has 1 atom stereocenters. The van der Waals surface area contributed by atoms with Crippen LogP contribution in [-0.2, 0) is 7.05 Å². The maximum Gasteiger partial charge on any atom is 0.261 e. The van der Waals surface area contributed by atoms with Crippen LogP contribution in [0.5, 0.6) is 0 Å². The highest BCUT2D eigenvalue weighted by atomic mass is 35.5. The summed E-state index contributed by atoms with van der Waals surface area (Å²) < 4.78 is 2.59. The molecule has 1 amide bonds. The fourth-order valence-electron chi connectivity index (χ4n) is 2.15. The van der Waals surface area contributed by atoms with Gasteiger partial charge in [0.25, 0.3) is 5.91 Å². The van der Waals surface area contributed by atoms with Crippen molar-refractivity contribution < 1.29 is 4.79 Å². The summed E-state index contributed by atoms with van der Waals surface area (Å²) in [5.74, 6) is 1.34. The lowest BCUT2D eigenvalue weighted by atomic mass is 10.1. The van der Waals surface area contributed by atoms with Crippen molar-refractivity contribution in [2.24, 2.45) is 13.0 Å². The molecule has 100 valence electrons. The number of carbonyl (C=O) groups excluding carboxylic acids is 1. The third kappa shape index (κ3) is 2.67. The van der Waals surface area contributed by atoms with Crippen LogP contribution in [-0.4, -0.2) is 15.5 Å². The highest BCUT2D eigenvalue weighted by molar-refractivity contribution is 7.17. The van der Waals surface area contributed by atoms with Gasteiger partial charge in [0, 0.05) is 19.4 Å². The number of aryl methyl sites for hydroxylation is 1. The average molecular weight is 296 g/mol. The van der Waals surface area contributed by atoms with Gasteiger partial charge in [0.15, 0.2) is 0 Å². The molecule has 1 unspecified atom stereocenters. The van der Waals surface area contributed by atoms with Crippen molar-refractivity contribution in [1.29, 1.82) is 0 Å². The molecule has 3 rings (SSSR count). The number of aromatic nitrogens is 2. The van der Waals surface area contributed by atoms with Gasteiger partial charge in [-0.1, -0.05) is 11.6 Å². The van der Waals surface area contributed by atoms with E-state index in [9.17, 15) is 4.79 Å². The molecular formula is C13H14ClN3OS. The predicted octanol–water partition coefficient (Wildman–Crippen LogP) is 3.02. The Morgan fingerprint density at radius 1 is 1.58 bits per heavy atom. The van der Waals surface area contributed by atoms with Crippen LogP contribution in [0.3, 0.4) is 0 Å². The molecule has 19 heavy (non-hydrogen) atoms. The van der Waals surface area contributed by atoms with E-state index in [0.717, 1.165) is 18.7 Å². The van der Waals surface area contributed by atoms with Crippen LogP contribution < -0.4 is 5.32 Å². The number of halogens is 1. The second-order valence-corrected chi connectivity index (χ2v) is 6.50. The van der Waals surface area contributed by atoms with Crippen molar-refractivity contribution in [2.75, 3.05) is 0 Å². The molecule has 0 radical (unpaired) electrons. The molecule has 2 aromatic rings. The number of amides is 1.